The summed E-state index contributed by atoms with van der Waals surface area (Å²) in [6.07, 6.45) is 6.65. The zero-order valence-corrected chi connectivity index (χ0v) is 16.6. The molecule has 1 aliphatic heterocycles. The van der Waals surface area contributed by atoms with E-state index in [9.17, 15) is 9.59 Å². The third-order valence-corrected chi connectivity index (χ3v) is 5.74. The third kappa shape index (κ3) is 4.58. The van der Waals surface area contributed by atoms with Crippen LogP contribution in [0.15, 0.2) is 28.7 Å². The van der Waals surface area contributed by atoms with Gasteiger partial charge in [-0.1, -0.05) is 24.4 Å². The van der Waals surface area contributed by atoms with Crippen LogP contribution in [-0.2, 0) is 9.59 Å². The highest BCUT2D eigenvalue weighted by Crippen LogP contribution is 2.32. The van der Waals surface area contributed by atoms with Gasteiger partial charge in [-0.15, -0.1) is 5.10 Å². The number of anilines is 2. The molecule has 1 aromatic carbocycles. The van der Waals surface area contributed by atoms with Crippen LogP contribution in [0.4, 0.5) is 11.7 Å². The van der Waals surface area contributed by atoms with E-state index in [0.29, 0.717) is 31.2 Å². The fourth-order valence-electron chi connectivity index (χ4n) is 4.16. The van der Waals surface area contributed by atoms with E-state index < -0.39 is 0 Å². The Morgan fingerprint density at radius 1 is 1.21 bits per heavy atom. The van der Waals surface area contributed by atoms with Gasteiger partial charge >= 0.3 is 6.01 Å². The summed E-state index contributed by atoms with van der Waals surface area (Å²) in [5.41, 5.74) is 0.804. The first kappa shape index (κ1) is 19.4. The molecule has 1 saturated heterocycles. The molecule has 2 amide bonds. The molecule has 2 aromatic rings. The fraction of sp³-hybridized carbons (Fsp3) is 0.524. The van der Waals surface area contributed by atoms with Crippen molar-refractivity contribution in [1.29, 1.82) is 0 Å². The minimum atomic E-state index is -0.193. The Balaban J connectivity index is 1.35. The van der Waals surface area contributed by atoms with Gasteiger partial charge in [-0.2, -0.15) is 0 Å². The van der Waals surface area contributed by atoms with Gasteiger partial charge in [0.15, 0.2) is 0 Å². The summed E-state index contributed by atoms with van der Waals surface area (Å²) < 4.78 is 10.8. The third-order valence-electron chi connectivity index (χ3n) is 5.74. The summed E-state index contributed by atoms with van der Waals surface area (Å²) in [7, 11) is 1.60. The molecule has 1 aliphatic carbocycles. The summed E-state index contributed by atoms with van der Waals surface area (Å²) in [6, 6.07) is 7.45. The number of carbonyl (C=O) groups excluding carboxylic acids is 2. The highest BCUT2D eigenvalue weighted by molar-refractivity contribution is 5.96. The molecule has 1 N–H and O–H groups in total. The number of carbonyl (C=O) groups is 2. The van der Waals surface area contributed by atoms with Crippen molar-refractivity contribution in [1.82, 2.24) is 10.2 Å². The number of aromatic nitrogens is 2. The van der Waals surface area contributed by atoms with Gasteiger partial charge < -0.3 is 14.1 Å². The molecule has 29 heavy (non-hydrogen) atoms. The molecule has 1 aromatic heterocycles. The second kappa shape index (κ2) is 8.63. The van der Waals surface area contributed by atoms with Crippen LogP contribution in [-0.4, -0.2) is 35.7 Å². The minimum absolute atomic E-state index is 0.00116. The lowest BCUT2D eigenvalue weighted by molar-refractivity contribution is -0.118. The molecule has 1 unspecified atom stereocenters. The van der Waals surface area contributed by atoms with Crippen molar-refractivity contribution in [3.05, 3.63) is 30.2 Å². The van der Waals surface area contributed by atoms with E-state index in [1.165, 1.54) is 19.3 Å². The van der Waals surface area contributed by atoms with Gasteiger partial charge in [0.2, 0.25) is 17.7 Å². The number of nitrogens with zero attached hydrogens (tertiary/aromatic N) is 3. The summed E-state index contributed by atoms with van der Waals surface area (Å²) in [4.78, 5) is 26.4. The smallest absolute Gasteiger partial charge is 0.322 e. The lowest BCUT2D eigenvalue weighted by atomic mass is 9.87. The van der Waals surface area contributed by atoms with Gasteiger partial charge in [0.25, 0.3) is 0 Å². The number of rotatable bonds is 6. The Morgan fingerprint density at radius 2 is 1.97 bits per heavy atom. The fourth-order valence-corrected chi connectivity index (χ4v) is 4.16. The first-order chi connectivity index (χ1) is 14.1. The molecule has 2 heterocycles. The van der Waals surface area contributed by atoms with Crippen LogP contribution < -0.4 is 15.0 Å². The molecule has 1 atom stereocenters. The van der Waals surface area contributed by atoms with E-state index in [0.717, 1.165) is 24.3 Å². The van der Waals surface area contributed by atoms with Gasteiger partial charge in [-0.05, 0) is 43.0 Å². The van der Waals surface area contributed by atoms with Crippen molar-refractivity contribution in [2.75, 3.05) is 23.9 Å². The highest BCUT2D eigenvalue weighted by atomic mass is 16.5. The average molecular weight is 398 g/mol. The van der Waals surface area contributed by atoms with Crippen LogP contribution in [0.1, 0.15) is 56.8 Å². The van der Waals surface area contributed by atoms with Gasteiger partial charge in [0, 0.05) is 25.1 Å². The Bertz CT molecular complexity index is 858. The Hall–Kier alpha value is -2.90. The second-order valence-electron chi connectivity index (χ2n) is 7.81. The molecule has 1 saturated carbocycles. The first-order valence-electron chi connectivity index (χ1n) is 10.2. The quantitative estimate of drug-likeness (QED) is 0.800. The van der Waals surface area contributed by atoms with Crippen molar-refractivity contribution in [2.24, 2.45) is 5.92 Å². The number of hydrogen-bond donors (Lipinski definition) is 1. The Morgan fingerprint density at radius 3 is 2.69 bits per heavy atom. The minimum Gasteiger partial charge on any atom is -0.497 e. The lowest BCUT2D eigenvalue weighted by Crippen LogP contribution is -2.24. The van der Waals surface area contributed by atoms with E-state index in [2.05, 4.69) is 15.5 Å². The Kier molecular flexibility index (Phi) is 5.78. The number of hydrogen-bond acceptors (Lipinski definition) is 6. The van der Waals surface area contributed by atoms with Crippen molar-refractivity contribution in [3.8, 4) is 5.75 Å². The van der Waals surface area contributed by atoms with Gasteiger partial charge in [-0.25, -0.2) is 0 Å². The second-order valence-corrected chi connectivity index (χ2v) is 7.81. The number of ether oxygens (including phenoxy) is 1. The molecule has 0 spiro atoms. The first-order valence-corrected chi connectivity index (χ1v) is 10.2. The van der Waals surface area contributed by atoms with Crippen LogP contribution >= 0.6 is 0 Å². The van der Waals surface area contributed by atoms with Crippen molar-refractivity contribution in [2.45, 2.75) is 50.9 Å². The van der Waals surface area contributed by atoms with Crippen LogP contribution in [0.5, 0.6) is 5.75 Å². The molecule has 2 fully saturated rings. The Labute approximate surface area is 169 Å². The van der Waals surface area contributed by atoms with E-state index in [4.69, 9.17) is 9.15 Å². The molecule has 0 radical (unpaired) electrons. The molecular weight excluding hydrogens is 372 g/mol. The number of amides is 2. The van der Waals surface area contributed by atoms with Crippen LogP contribution in [0.2, 0.25) is 0 Å². The molecule has 0 bridgehead atoms. The average Bonchev–Trinajstić information content (AvgIpc) is 3.35. The molecule has 8 nitrogen and oxygen atoms in total. The number of methoxy groups -OCH3 is 1. The molecule has 4 rings (SSSR count). The van der Waals surface area contributed by atoms with Crippen molar-refractivity contribution >= 4 is 23.5 Å². The van der Waals surface area contributed by atoms with Crippen molar-refractivity contribution < 1.29 is 18.7 Å². The van der Waals surface area contributed by atoms with Crippen LogP contribution in [0.3, 0.4) is 0 Å². The molecule has 8 heteroatoms. The van der Waals surface area contributed by atoms with E-state index in [1.807, 2.05) is 24.3 Å². The monoisotopic (exact) mass is 398 g/mol. The molecule has 2 aliphatic rings. The standard InChI is InChI=1S/C21H26N4O4/c1-28-17-9-7-16(8-10-17)25-13-15(12-19(25)27)20-23-24-21(29-20)22-18(26)11-14-5-3-2-4-6-14/h7-10,14-15H,2-6,11-13H2,1H3,(H,22,24,26). The summed E-state index contributed by atoms with van der Waals surface area (Å²) in [6.45, 7) is 0.461. The topological polar surface area (TPSA) is 97.6 Å². The maximum Gasteiger partial charge on any atom is 0.322 e. The predicted molar refractivity (Wildman–Crippen MR) is 107 cm³/mol. The zero-order chi connectivity index (χ0) is 20.2. The lowest BCUT2D eigenvalue weighted by Gasteiger charge is -2.20. The largest absolute Gasteiger partial charge is 0.497 e. The highest BCUT2D eigenvalue weighted by Gasteiger charge is 2.35. The number of benzene rings is 1. The zero-order valence-electron chi connectivity index (χ0n) is 16.6. The van der Waals surface area contributed by atoms with Crippen LogP contribution in [0, 0.1) is 5.92 Å². The van der Waals surface area contributed by atoms with Gasteiger partial charge in [0.1, 0.15) is 5.75 Å². The van der Waals surface area contributed by atoms with Crippen LogP contribution in [0.25, 0.3) is 0 Å². The predicted octanol–water partition coefficient (Wildman–Crippen LogP) is 3.51. The van der Waals surface area contributed by atoms with Gasteiger partial charge in [0.05, 0.1) is 13.0 Å². The van der Waals surface area contributed by atoms with E-state index in [1.54, 1.807) is 12.0 Å². The molecule has 154 valence electrons. The van der Waals surface area contributed by atoms with Gasteiger partial charge in [-0.3, -0.25) is 14.9 Å². The normalized spacial score (nSPS) is 20.1. The maximum atomic E-state index is 12.5. The van der Waals surface area contributed by atoms with E-state index >= 15 is 0 Å². The van der Waals surface area contributed by atoms with Crippen molar-refractivity contribution in [3.63, 3.8) is 0 Å². The SMILES string of the molecule is COc1ccc(N2CC(c3nnc(NC(=O)CC4CCCCC4)o3)CC2=O)cc1. The maximum absolute atomic E-state index is 12.5. The van der Waals surface area contributed by atoms with E-state index in [-0.39, 0.29) is 23.7 Å². The number of nitrogens with one attached hydrogen (secondary N) is 1. The summed E-state index contributed by atoms with van der Waals surface area (Å²) in [5, 5.41) is 10.7. The summed E-state index contributed by atoms with van der Waals surface area (Å²) in [5.74, 6) is 1.28. The summed E-state index contributed by atoms with van der Waals surface area (Å²) >= 11 is 0. The molecular formula is C21H26N4O4.